The summed E-state index contributed by atoms with van der Waals surface area (Å²) in [7, 11) is -3.91. The zero-order chi connectivity index (χ0) is 27.9. The summed E-state index contributed by atoms with van der Waals surface area (Å²) < 4.78 is 30.5. The molecule has 0 unspecified atom stereocenters. The van der Waals surface area contributed by atoms with Crippen LogP contribution in [0.3, 0.4) is 0 Å². The molecule has 2 aromatic carbocycles. The Kier molecular flexibility index (Phi) is 7.35. The molecule has 2 aliphatic heterocycles. The van der Waals surface area contributed by atoms with Gasteiger partial charge in [-0.2, -0.15) is 9.40 Å². The average Bonchev–Trinajstić information content (AvgIpc) is 3.44. The fraction of sp³-hybridized carbons (Fsp3) is 0.414. The molecule has 2 amide bonds. The minimum absolute atomic E-state index is 0.0442. The summed E-state index contributed by atoms with van der Waals surface area (Å²) in [5.74, 6) is -0.766. The molecule has 0 aliphatic carbocycles. The molecule has 0 radical (unpaired) electrons. The lowest BCUT2D eigenvalue weighted by molar-refractivity contribution is -0.121. The molecule has 1 aromatic heterocycles. The predicted octanol–water partition coefficient (Wildman–Crippen LogP) is 3.75. The van der Waals surface area contributed by atoms with Crippen LogP contribution in [-0.4, -0.2) is 54.0 Å². The number of hydrogen-bond acceptors (Lipinski definition) is 5. The van der Waals surface area contributed by atoms with Gasteiger partial charge in [-0.25, -0.2) is 8.42 Å². The number of nitrogens with zero attached hydrogens (tertiary/aromatic N) is 4. The van der Waals surface area contributed by atoms with Gasteiger partial charge >= 0.3 is 0 Å². The van der Waals surface area contributed by atoms with Crippen LogP contribution < -0.4 is 10.2 Å². The largest absolute Gasteiger partial charge is 0.326 e. The van der Waals surface area contributed by atoms with Crippen molar-refractivity contribution in [3.05, 3.63) is 70.5 Å². The molecule has 1 atom stereocenters. The number of rotatable bonds is 6. The average molecular weight is 550 g/mol. The number of aromatic nitrogens is 2. The minimum atomic E-state index is -3.91. The summed E-state index contributed by atoms with van der Waals surface area (Å²) in [5.41, 5.74) is 5.62. The maximum atomic E-state index is 13.8. The van der Waals surface area contributed by atoms with Crippen LogP contribution in [-0.2, 0) is 32.6 Å². The van der Waals surface area contributed by atoms with Gasteiger partial charge in [0.2, 0.25) is 21.8 Å². The first kappa shape index (κ1) is 27.1. The van der Waals surface area contributed by atoms with Crippen LogP contribution >= 0.6 is 0 Å². The van der Waals surface area contributed by atoms with Gasteiger partial charge in [-0.3, -0.25) is 14.3 Å². The van der Waals surface area contributed by atoms with E-state index in [2.05, 4.69) is 10.4 Å². The molecule has 0 saturated carbocycles. The number of sulfonamides is 1. The number of para-hydroxylation sites is 1. The van der Waals surface area contributed by atoms with Crippen molar-refractivity contribution < 1.29 is 18.0 Å². The van der Waals surface area contributed by atoms with E-state index in [0.29, 0.717) is 37.3 Å². The van der Waals surface area contributed by atoms with Crippen molar-refractivity contribution in [2.24, 2.45) is 5.92 Å². The SMILES string of the molecule is Cc1cc(C)cc(NC(=O)[C@H]2CCCN(S(=O)(=O)c3c(C)nn(CC(=O)N4CCc5ccccc54)c3C)C2)c1. The third kappa shape index (κ3) is 5.35. The number of hydrogen-bond donors (Lipinski definition) is 1. The molecule has 3 heterocycles. The third-order valence-corrected chi connectivity index (χ3v) is 9.75. The number of carbonyl (C=O) groups excluding carboxylic acids is 2. The Hall–Kier alpha value is -3.50. The van der Waals surface area contributed by atoms with E-state index in [1.807, 2.05) is 56.3 Å². The molecule has 3 aromatic rings. The van der Waals surface area contributed by atoms with Gasteiger partial charge in [-0.1, -0.05) is 24.3 Å². The van der Waals surface area contributed by atoms with E-state index in [-0.39, 0.29) is 29.8 Å². The molecule has 5 rings (SSSR count). The monoisotopic (exact) mass is 549 g/mol. The summed E-state index contributed by atoms with van der Waals surface area (Å²) in [6.07, 6.45) is 2.00. The molecule has 0 bridgehead atoms. The molecule has 206 valence electrons. The summed E-state index contributed by atoms with van der Waals surface area (Å²) in [5, 5.41) is 7.42. The number of carbonyl (C=O) groups is 2. The Balaban J connectivity index is 1.31. The zero-order valence-electron chi connectivity index (χ0n) is 22.9. The Bertz CT molecular complexity index is 1520. The van der Waals surface area contributed by atoms with Crippen LogP contribution in [0.25, 0.3) is 0 Å². The first-order valence-corrected chi connectivity index (χ1v) is 14.8. The van der Waals surface area contributed by atoms with Crippen LogP contribution in [0, 0.1) is 33.6 Å². The molecule has 1 N–H and O–H groups in total. The lowest BCUT2D eigenvalue weighted by Gasteiger charge is -2.31. The summed E-state index contributed by atoms with van der Waals surface area (Å²) >= 11 is 0. The number of aryl methyl sites for hydroxylation is 3. The second kappa shape index (κ2) is 10.6. The lowest BCUT2D eigenvalue weighted by Crippen LogP contribution is -2.44. The Morgan fingerprint density at radius 3 is 2.49 bits per heavy atom. The van der Waals surface area contributed by atoms with Crippen molar-refractivity contribution in [3.63, 3.8) is 0 Å². The standard InChI is InChI=1S/C29H35N5O4S/c1-19-14-20(2)16-25(15-19)30-29(36)24-9-7-12-32(17-24)39(37,38)28-21(3)31-34(22(28)4)18-27(35)33-13-11-23-8-5-6-10-26(23)33/h5-6,8,10,14-16,24H,7,9,11-13,17-18H2,1-4H3,(H,30,36)/t24-/m0/s1. The maximum absolute atomic E-state index is 13.8. The molecule has 9 nitrogen and oxygen atoms in total. The summed E-state index contributed by atoms with van der Waals surface area (Å²) in [6.45, 7) is 8.28. The van der Waals surface area contributed by atoms with Gasteiger partial charge in [0.25, 0.3) is 0 Å². The maximum Gasteiger partial charge on any atom is 0.248 e. The van der Waals surface area contributed by atoms with Crippen molar-refractivity contribution in [2.75, 3.05) is 29.9 Å². The van der Waals surface area contributed by atoms with E-state index in [1.54, 1.807) is 18.7 Å². The van der Waals surface area contributed by atoms with E-state index >= 15 is 0 Å². The van der Waals surface area contributed by atoms with Crippen molar-refractivity contribution >= 4 is 33.2 Å². The van der Waals surface area contributed by atoms with E-state index in [4.69, 9.17) is 0 Å². The normalized spacial score (nSPS) is 17.7. The fourth-order valence-corrected chi connectivity index (χ4v) is 7.71. The minimum Gasteiger partial charge on any atom is -0.326 e. The van der Waals surface area contributed by atoms with Crippen LogP contribution in [0.5, 0.6) is 0 Å². The highest BCUT2D eigenvalue weighted by Gasteiger charge is 2.37. The topological polar surface area (TPSA) is 105 Å². The van der Waals surface area contributed by atoms with E-state index in [9.17, 15) is 18.0 Å². The first-order chi connectivity index (χ1) is 18.5. The fourth-order valence-electron chi connectivity index (χ4n) is 5.81. The van der Waals surface area contributed by atoms with Gasteiger partial charge in [-0.05, 0) is 81.8 Å². The van der Waals surface area contributed by atoms with Crippen LogP contribution in [0.4, 0.5) is 11.4 Å². The van der Waals surface area contributed by atoms with Crippen LogP contribution in [0.1, 0.15) is 40.9 Å². The number of amides is 2. The van der Waals surface area contributed by atoms with Gasteiger partial charge in [0.05, 0.1) is 17.3 Å². The van der Waals surface area contributed by atoms with Gasteiger partial charge < -0.3 is 10.2 Å². The van der Waals surface area contributed by atoms with Crippen LogP contribution in [0.15, 0.2) is 47.4 Å². The zero-order valence-corrected chi connectivity index (χ0v) is 23.7. The van der Waals surface area contributed by atoms with Gasteiger partial charge in [0.1, 0.15) is 11.4 Å². The molecular weight excluding hydrogens is 514 g/mol. The molecule has 10 heteroatoms. The van der Waals surface area contributed by atoms with Crippen LogP contribution in [0.2, 0.25) is 0 Å². The Morgan fingerprint density at radius 1 is 1.03 bits per heavy atom. The number of fused-ring (bicyclic) bond motifs is 1. The number of piperidine rings is 1. The van der Waals surface area contributed by atoms with Crippen molar-refractivity contribution in [3.8, 4) is 0 Å². The number of benzene rings is 2. The Labute approximate surface area is 229 Å². The van der Waals surface area contributed by atoms with Crippen molar-refractivity contribution in [2.45, 2.75) is 58.4 Å². The van der Waals surface area contributed by atoms with Crippen molar-refractivity contribution in [1.29, 1.82) is 0 Å². The van der Waals surface area contributed by atoms with E-state index in [1.165, 1.54) is 8.99 Å². The van der Waals surface area contributed by atoms with Gasteiger partial charge in [0.15, 0.2) is 0 Å². The molecule has 1 saturated heterocycles. The summed E-state index contributed by atoms with van der Waals surface area (Å²) in [4.78, 5) is 28.1. The highest BCUT2D eigenvalue weighted by molar-refractivity contribution is 7.89. The molecule has 39 heavy (non-hydrogen) atoms. The molecule has 0 spiro atoms. The smallest absolute Gasteiger partial charge is 0.248 e. The number of nitrogens with one attached hydrogen (secondary N) is 1. The lowest BCUT2D eigenvalue weighted by atomic mass is 9.98. The first-order valence-electron chi connectivity index (χ1n) is 13.4. The third-order valence-electron chi connectivity index (χ3n) is 7.63. The van der Waals surface area contributed by atoms with Crippen molar-refractivity contribution in [1.82, 2.24) is 14.1 Å². The molecule has 1 fully saturated rings. The van der Waals surface area contributed by atoms with E-state index < -0.39 is 15.9 Å². The molecule has 2 aliphatic rings. The van der Waals surface area contributed by atoms with Gasteiger partial charge in [-0.15, -0.1) is 0 Å². The highest BCUT2D eigenvalue weighted by Crippen LogP contribution is 2.30. The quantitative estimate of drug-likeness (QED) is 0.504. The van der Waals surface area contributed by atoms with Gasteiger partial charge in [0, 0.05) is 31.0 Å². The number of anilines is 2. The Morgan fingerprint density at radius 2 is 1.74 bits per heavy atom. The summed E-state index contributed by atoms with van der Waals surface area (Å²) in [6, 6.07) is 13.7. The predicted molar refractivity (Wildman–Crippen MR) is 150 cm³/mol. The van der Waals surface area contributed by atoms with E-state index in [0.717, 1.165) is 34.5 Å². The second-order valence-corrected chi connectivity index (χ2v) is 12.5. The highest BCUT2D eigenvalue weighted by atomic mass is 32.2. The second-order valence-electron chi connectivity index (χ2n) is 10.6. The molecular formula is C29H35N5O4S.